The van der Waals surface area contributed by atoms with E-state index in [1.807, 2.05) is 11.8 Å². The molecule has 2 rings (SSSR count). The highest BCUT2D eigenvalue weighted by atomic mass is 35.5. The van der Waals surface area contributed by atoms with Gasteiger partial charge in [-0.2, -0.15) is 11.8 Å². The van der Waals surface area contributed by atoms with Gasteiger partial charge < -0.3 is 10.3 Å². The zero-order valence-electron chi connectivity index (χ0n) is 9.70. The number of hydrogen-bond acceptors (Lipinski definition) is 4. The first kappa shape index (κ1) is 12.8. The van der Waals surface area contributed by atoms with E-state index in [-0.39, 0.29) is 10.6 Å². The molecule has 2 atom stereocenters. The maximum absolute atomic E-state index is 11.3. The van der Waals surface area contributed by atoms with Crippen molar-refractivity contribution >= 4 is 29.2 Å². The molecule has 0 saturated heterocycles. The van der Waals surface area contributed by atoms with Crippen LogP contribution >= 0.6 is 23.4 Å². The standard InChI is InChI=1S/C11H16ClN3OS/c1-17-8-4-2-3-7(5-8)15-10-9(12)11(16)14-6-13-10/h6-8H,2-5H2,1H3,(H2,13,14,15,16). The fourth-order valence-corrected chi connectivity index (χ4v) is 3.15. The summed E-state index contributed by atoms with van der Waals surface area (Å²) in [4.78, 5) is 17.9. The first-order chi connectivity index (χ1) is 8.20. The molecular weight excluding hydrogens is 258 g/mol. The summed E-state index contributed by atoms with van der Waals surface area (Å²) in [5.74, 6) is 0.502. The third kappa shape index (κ3) is 3.16. The second-order valence-corrected chi connectivity index (χ2v) is 5.78. The molecule has 0 radical (unpaired) electrons. The Kier molecular flexibility index (Phi) is 4.34. The second-order valence-electron chi connectivity index (χ2n) is 4.26. The average molecular weight is 274 g/mol. The highest BCUT2D eigenvalue weighted by Gasteiger charge is 2.22. The number of halogens is 1. The van der Waals surface area contributed by atoms with Crippen LogP contribution in [0.5, 0.6) is 0 Å². The van der Waals surface area contributed by atoms with Crippen LogP contribution < -0.4 is 10.9 Å². The SMILES string of the molecule is CSC1CCCC(Nc2nc[nH]c(=O)c2Cl)C1. The van der Waals surface area contributed by atoms with Crippen LogP contribution in [0.2, 0.25) is 5.02 Å². The van der Waals surface area contributed by atoms with E-state index in [0.29, 0.717) is 17.1 Å². The van der Waals surface area contributed by atoms with Gasteiger partial charge >= 0.3 is 0 Å². The number of hydrogen-bond donors (Lipinski definition) is 2. The van der Waals surface area contributed by atoms with Crippen molar-refractivity contribution in [2.24, 2.45) is 0 Å². The van der Waals surface area contributed by atoms with Crippen LogP contribution in [0.3, 0.4) is 0 Å². The van der Waals surface area contributed by atoms with E-state index in [2.05, 4.69) is 21.5 Å². The number of nitrogens with one attached hydrogen (secondary N) is 2. The van der Waals surface area contributed by atoms with Crippen molar-refractivity contribution < 1.29 is 0 Å². The molecule has 2 N–H and O–H groups in total. The van der Waals surface area contributed by atoms with E-state index < -0.39 is 0 Å². The third-order valence-electron chi connectivity index (χ3n) is 3.10. The summed E-state index contributed by atoms with van der Waals surface area (Å²) in [6.45, 7) is 0. The molecule has 0 amide bonds. The lowest BCUT2D eigenvalue weighted by Gasteiger charge is -2.29. The molecule has 1 saturated carbocycles. The fourth-order valence-electron chi connectivity index (χ4n) is 2.17. The van der Waals surface area contributed by atoms with Crippen molar-refractivity contribution in [2.75, 3.05) is 11.6 Å². The van der Waals surface area contributed by atoms with Crippen LogP contribution in [0.25, 0.3) is 0 Å². The van der Waals surface area contributed by atoms with E-state index in [4.69, 9.17) is 11.6 Å². The summed E-state index contributed by atoms with van der Waals surface area (Å²) in [7, 11) is 0. The van der Waals surface area contributed by atoms with Crippen LogP contribution in [-0.4, -0.2) is 27.5 Å². The van der Waals surface area contributed by atoms with Crippen molar-refractivity contribution in [1.82, 2.24) is 9.97 Å². The van der Waals surface area contributed by atoms with Crippen LogP contribution in [-0.2, 0) is 0 Å². The number of aromatic amines is 1. The second kappa shape index (κ2) is 5.78. The first-order valence-electron chi connectivity index (χ1n) is 5.73. The molecule has 1 aliphatic carbocycles. The van der Waals surface area contributed by atoms with E-state index in [9.17, 15) is 4.79 Å². The minimum absolute atomic E-state index is 0.152. The van der Waals surface area contributed by atoms with Crippen molar-refractivity contribution in [3.8, 4) is 0 Å². The predicted octanol–water partition coefficient (Wildman–Crippen LogP) is 2.51. The maximum atomic E-state index is 11.3. The van der Waals surface area contributed by atoms with E-state index in [0.717, 1.165) is 12.8 Å². The number of rotatable bonds is 3. The monoisotopic (exact) mass is 273 g/mol. The zero-order valence-corrected chi connectivity index (χ0v) is 11.3. The van der Waals surface area contributed by atoms with Crippen LogP contribution in [0.1, 0.15) is 25.7 Å². The summed E-state index contributed by atoms with van der Waals surface area (Å²) >= 11 is 7.81. The lowest BCUT2D eigenvalue weighted by atomic mass is 9.95. The summed E-state index contributed by atoms with van der Waals surface area (Å²) in [6, 6.07) is 0.369. The van der Waals surface area contributed by atoms with Crippen LogP contribution in [0.4, 0.5) is 5.82 Å². The number of anilines is 1. The molecule has 6 heteroatoms. The lowest BCUT2D eigenvalue weighted by molar-refractivity contribution is 0.472. The van der Waals surface area contributed by atoms with Gasteiger partial charge in [-0.25, -0.2) is 4.98 Å². The Morgan fingerprint density at radius 1 is 1.59 bits per heavy atom. The summed E-state index contributed by atoms with van der Waals surface area (Å²) in [6.07, 6.45) is 8.23. The Morgan fingerprint density at radius 2 is 2.41 bits per heavy atom. The average Bonchev–Trinajstić information content (AvgIpc) is 2.35. The van der Waals surface area contributed by atoms with E-state index in [1.54, 1.807) is 0 Å². The molecule has 1 heterocycles. The van der Waals surface area contributed by atoms with Crippen LogP contribution in [0, 0.1) is 0 Å². The predicted molar refractivity (Wildman–Crippen MR) is 73.0 cm³/mol. The van der Waals surface area contributed by atoms with Gasteiger partial charge in [-0.1, -0.05) is 18.0 Å². The summed E-state index contributed by atoms with van der Waals surface area (Å²) in [5, 5.41) is 4.13. The maximum Gasteiger partial charge on any atom is 0.271 e. The Hall–Kier alpha value is -0.680. The number of aromatic nitrogens is 2. The van der Waals surface area contributed by atoms with Gasteiger partial charge in [0.25, 0.3) is 5.56 Å². The molecule has 94 valence electrons. The van der Waals surface area contributed by atoms with Crippen molar-refractivity contribution in [3.63, 3.8) is 0 Å². The lowest BCUT2D eigenvalue weighted by Crippen LogP contribution is -2.29. The first-order valence-corrected chi connectivity index (χ1v) is 7.40. The molecule has 0 aliphatic heterocycles. The van der Waals surface area contributed by atoms with Crippen molar-refractivity contribution in [1.29, 1.82) is 0 Å². The molecule has 1 fully saturated rings. The molecule has 0 aromatic carbocycles. The third-order valence-corrected chi connectivity index (χ3v) is 4.54. The molecule has 0 spiro atoms. The number of thioether (sulfide) groups is 1. The molecule has 4 nitrogen and oxygen atoms in total. The van der Waals surface area contributed by atoms with Crippen molar-refractivity contribution in [2.45, 2.75) is 37.0 Å². The smallest absolute Gasteiger partial charge is 0.271 e. The van der Waals surface area contributed by atoms with Gasteiger partial charge in [-0.3, -0.25) is 4.79 Å². The molecular formula is C11H16ClN3OS. The molecule has 1 aromatic heterocycles. The summed E-state index contributed by atoms with van der Waals surface area (Å²) in [5.41, 5.74) is -0.290. The van der Waals surface area contributed by atoms with Gasteiger partial charge in [-0.15, -0.1) is 0 Å². The van der Waals surface area contributed by atoms with E-state index in [1.165, 1.54) is 19.2 Å². The number of H-pyrrole nitrogens is 1. The van der Waals surface area contributed by atoms with Gasteiger partial charge in [0.1, 0.15) is 5.02 Å². The van der Waals surface area contributed by atoms with Gasteiger partial charge in [0.05, 0.1) is 6.33 Å². The van der Waals surface area contributed by atoms with Gasteiger partial charge in [0, 0.05) is 11.3 Å². The Bertz CT molecular complexity index is 437. The minimum atomic E-state index is -0.290. The topological polar surface area (TPSA) is 57.8 Å². The van der Waals surface area contributed by atoms with Gasteiger partial charge in [-0.05, 0) is 25.5 Å². The largest absolute Gasteiger partial charge is 0.366 e. The van der Waals surface area contributed by atoms with Gasteiger partial charge in [0.15, 0.2) is 5.82 Å². The molecule has 1 aliphatic rings. The van der Waals surface area contributed by atoms with E-state index >= 15 is 0 Å². The highest BCUT2D eigenvalue weighted by Crippen LogP contribution is 2.29. The molecule has 0 bridgehead atoms. The highest BCUT2D eigenvalue weighted by molar-refractivity contribution is 7.99. The molecule has 1 aromatic rings. The van der Waals surface area contributed by atoms with Crippen LogP contribution in [0.15, 0.2) is 11.1 Å². The van der Waals surface area contributed by atoms with Gasteiger partial charge in [0.2, 0.25) is 0 Å². The summed E-state index contributed by atoms with van der Waals surface area (Å²) < 4.78 is 0. The Morgan fingerprint density at radius 3 is 3.18 bits per heavy atom. The quantitative estimate of drug-likeness (QED) is 0.888. The Balaban J connectivity index is 2.05. The fraction of sp³-hybridized carbons (Fsp3) is 0.636. The molecule has 2 unspecified atom stereocenters. The normalized spacial score (nSPS) is 24.6. The zero-order chi connectivity index (χ0) is 12.3. The van der Waals surface area contributed by atoms with Crippen molar-refractivity contribution in [3.05, 3.63) is 21.7 Å². The Labute approximate surface area is 110 Å². The molecule has 17 heavy (non-hydrogen) atoms. The number of nitrogens with zero attached hydrogens (tertiary/aromatic N) is 1. The minimum Gasteiger partial charge on any atom is -0.366 e.